The van der Waals surface area contributed by atoms with Gasteiger partial charge in [-0.15, -0.1) is 0 Å². The molecule has 0 atom stereocenters. The minimum absolute atomic E-state index is 0.322. The SMILES string of the molecule is Oc1ccccc1.c1cocn1. The molecule has 3 heteroatoms. The molecule has 0 saturated carbocycles. The Labute approximate surface area is 70.3 Å². The van der Waals surface area contributed by atoms with Gasteiger partial charge in [-0.2, -0.15) is 0 Å². The lowest BCUT2D eigenvalue weighted by Gasteiger charge is -1.82. The highest BCUT2D eigenvalue weighted by molar-refractivity contribution is 5.18. The predicted molar refractivity (Wildman–Crippen MR) is 44.6 cm³/mol. The molecule has 12 heavy (non-hydrogen) atoms. The van der Waals surface area contributed by atoms with Crippen molar-refractivity contribution in [3.63, 3.8) is 0 Å². The van der Waals surface area contributed by atoms with E-state index in [1.165, 1.54) is 12.7 Å². The highest BCUT2D eigenvalue weighted by Crippen LogP contribution is 2.02. The monoisotopic (exact) mass is 163 g/mol. The molecule has 0 aliphatic rings. The van der Waals surface area contributed by atoms with Gasteiger partial charge in [0.25, 0.3) is 0 Å². The molecule has 0 radical (unpaired) electrons. The summed E-state index contributed by atoms with van der Waals surface area (Å²) in [6, 6.07) is 8.71. The number of phenolic OH excluding ortho intramolecular Hbond substituents is 1. The number of hydrogen-bond donors (Lipinski definition) is 1. The summed E-state index contributed by atoms with van der Waals surface area (Å²) in [4.78, 5) is 3.56. The summed E-state index contributed by atoms with van der Waals surface area (Å²) in [5.74, 6) is 0.322. The molecule has 0 unspecified atom stereocenters. The van der Waals surface area contributed by atoms with Gasteiger partial charge in [-0.3, -0.25) is 0 Å². The fraction of sp³-hybridized carbons (Fsp3) is 0. The first-order valence-corrected chi connectivity index (χ1v) is 3.46. The van der Waals surface area contributed by atoms with Crippen molar-refractivity contribution >= 4 is 0 Å². The zero-order chi connectivity index (χ0) is 8.65. The average Bonchev–Trinajstić information content (AvgIpc) is 2.62. The van der Waals surface area contributed by atoms with Gasteiger partial charge < -0.3 is 9.52 Å². The van der Waals surface area contributed by atoms with Crippen molar-refractivity contribution in [3.05, 3.63) is 49.2 Å². The fourth-order valence-electron chi connectivity index (χ4n) is 0.604. The molecule has 0 spiro atoms. The minimum atomic E-state index is 0.322. The van der Waals surface area contributed by atoms with E-state index in [1.807, 2.05) is 6.07 Å². The van der Waals surface area contributed by atoms with E-state index in [0.717, 1.165) is 0 Å². The Hall–Kier alpha value is -1.77. The third-order valence-corrected chi connectivity index (χ3v) is 1.10. The van der Waals surface area contributed by atoms with Gasteiger partial charge in [0.2, 0.25) is 0 Å². The van der Waals surface area contributed by atoms with E-state index in [2.05, 4.69) is 9.40 Å². The maximum Gasteiger partial charge on any atom is 0.180 e. The Morgan fingerprint density at radius 1 is 1.17 bits per heavy atom. The second-order valence-electron chi connectivity index (χ2n) is 2.01. The molecule has 0 aliphatic heterocycles. The lowest BCUT2D eigenvalue weighted by atomic mass is 10.3. The van der Waals surface area contributed by atoms with E-state index in [9.17, 15) is 0 Å². The summed E-state index contributed by atoms with van der Waals surface area (Å²) in [5, 5.41) is 8.63. The molecule has 2 aromatic rings. The summed E-state index contributed by atoms with van der Waals surface area (Å²) in [6.07, 6.45) is 4.47. The summed E-state index contributed by atoms with van der Waals surface area (Å²) < 4.78 is 4.47. The molecular formula is C9H9NO2. The van der Waals surface area contributed by atoms with E-state index in [4.69, 9.17) is 5.11 Å². The summed E-state index contributed by atoms with van der Waals surface area (Å²) in [6.45, 7) is 0. The molecule has 0 bridgehead atoms. The Balaban J connectivity index is 0.000000127. The fourth-order valence-corrected chi connectivity index (χ4v) is 0.604. The number of phenols is 1. The number of benzene rings is 1. The van der Waals surface area contributed by atoms with Crippen LogP contribution in [0.2, 0.25) is 0 Å². The topological polar surface area (TPSA) is 46.3 Å². The van der Waals surface area contributed by atoms with E-state index < -0.39 is 0 Å². The Morgan fingerprint density at radius 3 is 2.17 bits per heavy atom. The van der Waals surface area contributed by atoms with Crippen molar-refractivity contribution in [2.24, 2.45) is 0 Å². The standard InChI is InChI=1S/C6H6O.C3H3NO/c7-6-4-2-1-3-5-6;1-2-5-3-4-1/h1-5,7H;1-3H. The zero-order valence-electron chi connectivity index (χ0n) is 6.42. The van der Waals surface area contributed by atoms with Crippen molar-refractivity contribution in [2.45, 2.75) is 0 Å². The number of nitrogens with zero attached hydrogens (tertiary/aromatic N) is 1. The lowest BCUT2D eigenvalue weighted by molar-refractivity contribution is 0.475. The van der Waals surface area contributed by atoms with Gasteiger partial charge in [0.15, 0.2) is 6.39 Å². The van der Waals surface area contributed by atoms with Gasteiger partial charge in [-0.25, -0.2) is 4.98 Å². The number of aromatic hydroxyl groups is 1. The molecule has 2 rings (SSSR count). The molecule has 62 valence electrons. The maximum absolute atomic E-state index is 8.63. The Bertz CT molecular complexity index is 261. The summed E-state index contributed by atoms with van der Waals surface area (Å²) in [7, 11) is 0. The lowest BCUT2D eigenvalue weighted by Crippen LogP contribution is -1.56. The Kier molecular flexibility index (Phi) is 3.44. The van der Waals surface area contributed by atoms with Crippen LogP contribution in [0.1, 0.15) is 0 Å². The zero-order valence-corrected chi connectivity index (χ0v) is 6.42. The minimum Gasteiger partial charge on any atom is -0.508 e. The van der Waals surface area contributed by atoms with Crippen LogP contribution in [0.4, 0.5) is 0 Å². The predicted octanol–water partition coefficient (Wildman–Crippen LogP) is 2.07. The van der Waals surface area contributed by atoms with Crippen molar-refractivity contribution in [1.82, 2.24) is 4.98 Å². The van der Waals surface area contributed by atoms with Crippen LogP contribution < -0.4 is 0 Å². The molecule has 0 saturated heterocycles. The quantitative estimate of drug-likeness (QED) is 0.646. The number of aromatic nitrogens is 1. The van der Waals surface area contributed by atoms with Gasteiger partial charge in [0.1, 0.15) is 12.0 Å². The van der Waals surface area contributed by atoms with Crippen LogP contribution in [0.3, 0.4) is 0 Å². The van der Waals surface area contributed by atoms with Gasteiger partial charge in [0, 0.05) is 0 Å². The second kappa shape index (κ2) is 4.96. The molecule has 3 nitrogen and oxygen atoms in total. The molecule has 1 heterocycles. The van der Waals surface area contributed by atoms with Crippen LogP contribution in [-0.2, 0) is 0 Å². The second-order valence-corrected chi connectivity index (χ2v) is 2.01. The number of rotatable bonds is 0. The first-order chi connectivity index (χ1) is 5.89. The highest BCUT2D eigenvalue weighted by Gasteiger charge is 1.74. The largest absolute Gasteiger partial charge is 0.508 e. The van der Waals surface area contributed by atoms with Gasteiger partial charge in [-0.1, -0.05) is 18.2 Å². The molecular weight excluding hydrogens is 154 g/mol. The molecule has 1 aromatic carbocycles. The Morgan fingerprint density at radius 2 is 1.92 bits per heavy atom. The first kappa shape index (κ1) is 8.33. The molecule has 1 N–H and O–H groups in total. The average molecular weight is 163 g/mol. The van der Waals surface area contributed by atoms with E-state index >= 15 is 0 Å². The van der Waals surface area contributed by atoms with Gasteiger partial charge >= 0.3 is 0 Å². The number of hydrogen-bond acceptors (Lipinski definition) is 3. The van der Waals surface area contributed by atoms with Crippen molar-refractivity contribution in [3.8, 4) is 5.75 Å². The number of para-hydroxylation sites is 1. The molecule has 0 amide bonds. The van der Waals surface area contributed by atoms with E-state index in [0.29, 0.717) is 5.75 Å². The van der Waals surface area contributed by atoms with Crippen LogP contribution >= 0.6 is 0 Å². The molecule has 1 aromatic heterocycles. The summed E-state index contributed by atoms with van der Waals surface area (Å²) in [5.41, 5.74) is 0. The van der Waals surface area contributed by atoms with Crippen LogP contribution in [0.15, 0.2) is 53.6 Å². The van der Waals surface area contributed by atoms with Crippen molar-refractivity contribution in [1.29, 1.82) is 0 Å². The van der Waals surface area contributed by atoms with Crippen LogP contribution in [0.5, 0.6) is 5.75 Å². The molecule has 0 aliphatic carbocycles. The normalized spacial score (nSPS) is 8.33. The van der Waals surface area contributed by atoms with E-state index in [1.54, 1.807) is 30.5 Å². The van der Waals surface area contributed by atoms with Crippen molar-refractivity contribution in [2.75, 3.05) is 0 Å². The summed E-state index contributed by atoms with van der Waals surface area (Å²) >= 11 is 0. The third-order valence-electron chi connectivity index (χ3n) is 1.10. The third kappa shape index (κ3) is 3.41. The van der Waals surface area contributed by atoms with Crippen molar-refractivity contribution < 1.29 is 9.52 Å². The first-order valence-electron chi connectivity index (χ1n) is 3.46. The number of oxazole rings is 1. The maximum atomic E-state index is 8.63. The van der Waals surface area contributed by atoms with Gasteiger partial charge in [0.05, 0.1) is 6.20 Å². The van der Waals surface area contributed by atoms with Gasteiger partial charge in [-0.05, 0) is 12.1 Å². The van der Waals surface area contributed by atoms with E-state index in [-0.39, 0.29) is 0 Å². The van der Waals surface area contributed by atoms with Crippen LogP contribution in [-0.4, -0.2) is 10.1 Å². The smallest absolute Gasteiger partial charge is 0.180 e. The highest BCUT2D eigenvalue weighted by atomic mass is 16.3. The molecule has 0 fully saturated rings. The van der Waals surface area contributed by atoms with Crippen LogP contribution in [0, 0.1) is 0 Å². The van der Waals surface area contributed by atoms with Crippen LogP contribution in [0.25, 0.3) is 0 Å².